The molecule has 2 saturated heterocycles. The molecule has 1 atom stereocenters. The monoisotopic (exact) mass is 360 g/mol. The quantitative estimate of drug-likeness (QED) is 0.874. The van der Waals surface area contributed by atoms with Gasteiger partial charge in [-0.05, 0) is 47.5 Å². The van der Waals surface area contributed by atoms with Crippen LogP contribution in [0.15, 0.2) is 3.92 Å². The zero-order valence-corrected chi connectivity index (χ0v) is 13.5. The van der Waals surface area contributed by atoms with Crippen molar-refractivity contribution >= 4 is 33.4 Å². The summed E-state index contributed by atoms with van der Waals surface area (Å²) in [6, 6.07) is -0.0760. The molecular weight excluding hydrogens is 344 g/mol. The highest BCUT2D eigenvalue weighted by Crippen LogP contribution is 2.42. The lowest BCUT2D eigenvalue weighted by molar-refractivity contribution is 0.0853. The number of carboxylic acid groups (broad SMARTS) is 1. The van der Waals surface area contributed by atoms with Crippen LogP contribution in [0.3, 0.4) is 0 Å². The maximum atomic E-state index is 11.3. The van der Waals surface area contributed by atoms with E-state index in [4.69, 9.17) is 4.74 Å². The molecule has 1 aromatic rings. The summed E-state index contributed by atoms with van der Waals surface area (Å²) >= 11 is 5.12. The topological polar surface area (TPSA) is 62.7 Å². The molecule has 2 aliphatic heterocycles. The summed E-state index contributed by atoms with van der Waals surface area (Å²) in [5.41, 5.74) is 0.966. The van der Waals surface area contributed by atoms with Gasteiger partial charge in [-0.3, -0.25) is 4.90 Å². The lowest BCUT2D eigenvalue weighted by atomic mass is 9.95. The maximum absolute atomic E-state index is 11.3. The number of aromatic nitrogens is 1. The van der Waals surface area contributed by atoms with Crippen molar-refractivity contribution in [3.63, 3.8) is 0 Å². The Hall–Kier alpha value is -0.660. The van der Waals surface area contributed by atoms with Crippen LogP contribution in [-0.2, 0) is 4.74 Å². The van der Waals surface area contributed by atoms with Crippen LogP contribution in [0, 0.1) is 0 Å². The molecule has 2 fully saturated rings. The molecule has 20 heavy (non-hydrogen) atoms. The zero-order valence-electron chi connectivity index (χ0n) is 11.0. The number of hydrogen-bond donors (Lipinski definition) is 1. The van der Waals surface area contributed by atoms with E-state index >= 15 is 0 Å². The van der Waals surface area contributed by atoms with Gasteiger partial charge in [-0.2, -0.15) is 0 Å². The van der Waals surface area contributed by atoms with Crippen LogP contribution in [0.5, 0.6) is 0 Å². The smallest absolute Gasteiger partial charge is 0.407 e. The van der Waals surface area contributed by atoms with Gasteiger partial charge in [-0.15, -0.1) is 11.3 Å². The fourth-order valence-corrected chi connectivity index (χ4v) is 4.81. The molecule has 3 heterocycles. The number of hydrogen-bond acceptors (Lipinski definition) is 4. The highest BCUT2D eigenvalue weighted by Gasteiger charge is 2.35. The summed E-state index contributed by atoms with van der Waals surface area (Å²) in [7, 11) is 0. The van der Waals surface area contributed by atoms with E-state index < -0.39 is 6.09 Å². The molecule has 3 rings (SSSR count). The molecule has 1 amide bonds. The summed E-state index contributed by atoms with van der Waals surface area (Å²) < 4.78 is 6.27. The van der Waals surface area contributed by atoms with Gasteiger partial charge in [-0.1, -0.05) is 0 Å². The number of rotatable bonds is 2. The molecular formula is C13H17BrN2O3S. The van der Waals surface area contributed by atoms with Crippen LogP contribution < -0.4 is 0 Å². The third-order valence-corrected chi connectivity index (χ3v) is 5.75. The minimum atomic E-state index is -0.838. The van der Waals surface area contributed by atoms with Gasteiger partial charge in [0.05, 0.1) is 11.7 Å². The molecule has 1 N–H and O–H groups in total. The summed E-state index contributed by atoms with van der Waals surface area (Å²) in [4.78, 5) is 18.7. The molecule has 110 valence electrons. The number of likely N-dealkylation sites (tertiary alicyclic amines) is 1. The molecule has 0 unspecified atom stereocenters. The summed E-state index contributed by atoms with van der Waals surface area (Å²) in [5.74, 6) is 0.457. The molecule has 2 aliphatic rings. The maximum Gasteiger partial charge on any atom is 0.407 e. The van der Waals surface area contributed by atoms with Gasteiger partial charge in [0.2, 0.25) is 0 Å². The van der Waals surface area contributed by atoms with Gasteiger partial charge in [0.1, 0.15) is 0 Å². The van der Waals surface area contributed by atoms with Crippen molar-refractivity contribution in [2.24, 2.45) is 0 Å². The van der Waals surface area contributed by atoms with Crippen molar-refractivity contribution in [3.05, 3.63) is 14.5 Å². The molecule has 0 bridgehead atoms. The second-order valence-corrected chi connectivity index (χ2v) is 7.54. The minimum absolute atomic E-state index is 0.0760. The molecule has 0 radical (unpaired) electrons. The van der Waals surface area contributed by atoms with Crippen molar-refractivity contribution in [1.82, 2.24) is 9.88 Å². The SMILES string of the molecule is O=C(O)N1CCC[C@H]1c1nc(Br)sc1C1CCOCC1. The first-order valence-electron chi connectivity index (χ1n) is 6.90. The van der Waals surface area contributed by atoms with Gasteiger partial charge in [0, 0.05) is 24.6 Å². The zero-order chi connectivity index (χ0) is 14.1. The highest BCUT2D eigenvalue weighted by molar-refractivity contribution is 9.11. The second-order valence-electron chi connectivity index (χ2n) is 5.24. The summed E-state index contributed by atoms with van der Waals surface area (Å²) in [5, 5.41) is 9.32. The van der Waals surface area contributed by atoms with E-state index in [1.807, 2.05) is 0 Å². The average molecular weight is 361 g/mol. The van der Waals surface area contributed by atoms with Crippen molar-refractivity contribution in [3.8, 4) is 0 Å². The van der Waals surface area contributed by atoms with Crippen molar-refractivity contribution < 1.29 is 14.6 Å². The van der Waals surface area contributed by atoms with Gasteiger partial charge < -0.3 is 9.84 Å². The lowest BCUT2D eigenvalue weighted by Crippen LogP contribution is -2.29. The number of thiazole rings is 1. The van der Waals surface area contributed by atoms with E-state index in [0.717, 1.165) is 48.5 Å². The van der Waals surface area contributed by atoms with Gasteiger partial charge in [0.15, 0.2) is 3.92 Å². The van der Waals surface area contributed by atoms with Gasteiger partial charge in [-0.25, -0.2) is 9.78 Å². The summed E-state index contributed by atoms with van der Waals surface area (Å²) in [6.07, 6.45) is 2.95. The predicted molar refractivity (Wildman–Crippen MR) is 79.3 cm³/mol. The number of carbonyl (C=O) groups is 1. The normalized spacial score (nSPS) is 24.2. The first-order chi connectivity index (χ1) is 9.66. The molecule has 0 aliphatic carbocycles. The Kier molecular flexibility index (Phi) is 4.28. The highest BCUT2D eigenvalue weighted by atomic mass is 79.9. The van der Waals surface area contributed by atoms with Crippen LogP contribution in [0.2, 0.25) is 0 Å². The standard InChI is InChI=1S/C13H17BrN2O3S/c14-12-15-10(9-2-1-5-16(9)13(17)18)11(20-12)8-3-6-19-7-4-8/h8-9H,1-7H2,(H,17,18)/t9-/m0/s1. The fraction of sp³-hybridized carbons (Fsp3) is 0.692. The third-order valence-electron chi connectivity index (χ3n) is 4.06. The largest absolute Gasteiger partial charge is 0.465 e. The predicted octanol–water partition coefficient (Wildman–Crippen LogP) is 3.61. The molecule has 0 aromatic carbocycles. The van der Waals surface area contributed by atoms with Crippen LogP contribution in [-0.4, -0.2) is 40.8 Å². The first kappa shape index (κ1) is 14.3. The molecule has 0 spiro atoms. The van der Waals surface area contributed by atoms with Crippen LogP contribution in [0.1, 0.15) is 48.2 Å². The molecule has 5 nitrogen and oxygen atoms in total. The van der Waals surface area contributed by atoms with Gasteiger partial charge in [0.25, 0.3) is 0 Å². The van der Waals surface area contributed by atoms with Crippen LogP contribution in [0.25, 0.3) is 0 Å². The third kappa shape index (κ3) is 2.71. The van der Waals surface area contributed by atoms with Crippen molar-refractivity contribution in [1.29, 1.82) is 0 Å². The van der Waals surface area contributed by atoms with E-state index in [1.54, 1.807) is 11.3 Å². The average Bonchev–Trinajstić information content (AvgIpc) is 3.05. The van der Waals surface area contributed by atoms with Gasteiger partial charge >= 0.3 is 6.09 Å². The fourth-order valence-electron chi connectivity index (χ4n) is 3.09. The Bertz CT molecular complexity index is 502. The Morgan fingerprint density at radius 1 is 1.40 bits per heavy atom. The number of ether oxygens (including phenoxy) is 1. The number of amides is 1. The Morgan fingerprint density at radius 2 is 2.15 bits per heavy atom. The van der Waals surface area contributed by atoms with E-state index in [2.05, 4.69) is 20.9 Å². The molecule has 0 saturated carbocycles. The minimum Gasteiger partial charge on any atom is -0.465 e. The molecule has 7 heteroatoms. The van der Waals surface area contributed by atoms with E-state index in [9.17, 15) is 9.90 Å². The molecule has 1 aromatic heterocycles. The number of halogens is 1. The van der Waals surface area contributed by atoms with E-state index in [-0.39, 0.29) is 6.04 Å². The van der Waals surface area contributed by atoms with E-state index in [0.29, 0.717) is 12.5 Å². The van der Waals surface area contributed by atoms with Crippen LogP contribution >= 0.6 is 27.3 Å². The van der Waals surface area contributed by atoms with Crippen LogP contribution in [0.4, 0.5) is 4.79 Å². The second kappa shape index (κ2) is 5.99. The Balaban J connectivity index is 1.90. The number of nitrogens with zero attached hydrogens (tertiary/aromatic N) is 2. The Morgan fingerprint density at radius 3 is 2.85 bits per heavy atom. The van der Waals surface area contributed by atoms with Crippen molar-refractivity contribution in [2.45, 2.75) is 37.6 Å². The Labute approximate surface area is 130 Å². The first-order valence-corrected chi connectivity index (χ1v) is 8.51. The lowest BCUT2D eigenvalue weighted by Gasteiger charge is -2.25. The van der Waals surface area contributed by atoms with E-state index in [1.165, 1.54) is 9.78 Å². The summed E-state index contributed by atoms with van der Waals surface area (Å²) in [6.45, 7) is 2.18. The van der Waals surface area contributed by atoms with Crippen molar-refractivity contribution in [2.75, 3.05) is 19.8 Å².